The van der Waals surface area contributed by atoms with E-state index in [0.29, 0.717) is 12.8 Å². The van der Waals surface area contributed by atoms with Gasteiger partial charge in [0.05, 0.1) is 24.7 Å². The molecule has 0 aromatic heterocycles. The number of piperidine rings is 2. The lowest BCUT2D eigenvalue weighted by Crippen LogP contribution is -2.53. The lowest BCUT2D eigenvalue weighted by atomic mass is 9.95. The fourth-order valence-corrected chi connectivity index (χ4v) is 4.86. The standard InChI is InChI=1S/C19H32N4O8S/c1-4-29-17(25)19(2,3)12-30-32(27,28)31-23-14-5-6-15(22(11-14)18(23)26)16(24)21-13-7-9-20-10-8-13/h13-15,20H,4-12H2,1-3H3,(H,21,24). The number of esters is 1. The summed E-state index contributed by atoms with van der Waals surface area (Å²) in [5.74, 6) is -0.849. The van der Waals surface area contributed by atoms with Crippen molar-refractivity contribution in [3.05, 3.63) is 0 Å². The van der Waals surface area contributed by atoms with Crippen molar-refractivity contribution in [3.63, 3.8) is 0 Å². The molecule has 2 atom stereocenters. The fourth-order valence-electron chi connectivity index (χ4n) is 3.99. The number of nitrogens with one attached hydrogen (secondary N) is 2. The first-order valence-electron chi connectivity index (χ1n) is 10.9. The number of ether oxygens (including phenoxy) is 1. The summed E-state index contributed by atoms with van der Waals surface area (Å²) in [5, 5.41) is 6.98. The maximum atomic E-state index is 12.8. The number of fused-ring (bicyclic) bond motifs is 2. The second kappa shape index (κ2) is 9.89. The Morgan fingerprint density at radius 2 is 1.88 bits per heavy atom. The average Bonchev–Trinajstić information content (AvgIpc) is 2.97. The molecule has 12 nitrogen and oxygen atoms in total. The van der Waals surface area contributed by atoms with Gasteiger partial charge in [-0.05, 0) is 59.5 Å². The Morgan fingerprint density at radius 1 is 1.19 bits per heavy atom. The van der Waals surface area contributed by atoms with E-state index >= 15 is 0 Å². The second-order valence-corrected chi connectivity index (χ2v) is 10.1. The highest BCUT2D eigenvalue weighted by molar-refractivity contribution is 7.81. The Balaban J connectivity index is 1.57. The predicted octanol–water partition coefficient (Wildman–Crippen LogP) is -0.0945. The highest BCUT2D eigenvalue weighted by atomic mass is 32.3. The molecular formula is C19H32N4O8S. The minimum Gasteiger partial charge on any atom is -0.466 e. The smallest absolute Gasteiger partial charge is 0.421 e. The van der Waals surface area contributed by atoms with E-state index in [1.165, 1.54) is 18.7 Å². The Hall–Kier alpha value is -1.96. The number of rotatable bonds is 9. The molecule has 3 heterocycles. The maximum Gasteiger partial charge on any atom is 0.421 e. The Morgan fingerprint density at radius 3 is 2.53 bits per heavy atom. The zero-order valence-corrected chi connectivity index (χ0v) is 19.5. The first-order chi connectivity index (χ1) is 15.0. The van der Waals surface area contributed by atoms with Gasteiger partial charge < -0.3 is 20.3 Å². The minimum absolute atomic E-state index is 0.0584. The molecule has 13 heteroatoms. The summed E-state index contributed by atoms with van der Waals surface area (Å²) < 4.78 is 39.3. The van der Waals surface area contributed by atoms with Gasteiger partial charge in [0.1, 0.15) is 6.04 Å². The molecule has 3 saturated heterocycles. The molecule has 3 fully saturated rings. The second-order valence-electron chi connectivity index (χ2n) is 8.89. The van der Waals surface area contributed by atoms with Crippen molar-refractivity contribution in [1.82, 2.24) is 20.6 Å². The lowest BCUT2D eigenvalue weighted by Gasteiger charge is -2.32. The van der Waals surface area contributed by atoms with E-state index in [9.17, 15) is 22.8 Å². The largest absolute Gasteiger partial charge is 0.466 e. The number of carbonyl (C=O) groups is 3. The molecule has 182 valence electrons. The lowest BCUT2D eigenvalue weighted by molar-refractivity contribution is -0.155. The third-order valence-electron chi connectivity index (χ3n) is 5.87. The van der Waals surface area contributed by atoms with Gasteiger partial charge in [-0.15, -0.1) is 4.28 Å². The normalized spacial score (nSPS) is 24.5. The van der Waals surface area contributed by atoms with E-state index in [-0.39, 0.29) is 25.1 Å². The monoisotopic (exact) mass is 476 g/mol. The number of hydroxylamine groups is 2. The number of amides is 3. The Bertz CT molecular complexity index is 827. The number of carbonyl (C=O) groups excluding carboxylic acids is 3. The van der Waals surface area contributed by atoms with Crippen LogP contribution in [0.4, 0.5) is 4.79 Å². The van der Waals surface area contributed by atoms with E-state index in [1.54, 1.807) is 6.92 Å². The van der Waals surface area contributed by atoms with Crippen LogP contribution in [0.2, 0.25) is 0 Å². The number of hydrogen-bond acceptors (Lipinski definition) is 9. The minimum atomic E-state index is -4.62. The van der Waals surface area contributed by atoms with Crippen molar-refractivity contribution < 1.29 is 36.0 Å². The van der Waals surface area contributed by atoms with Gasteiger partial charge in [0, 0.05) is 12.6 Å². The first-order valence-corrected chi connectivity index (χ1v) is 12.2. The van der Waals surface area contributed by atoms with Crippen LogP contribution in [0, 0.1) is 5.41 Å². The van der Waals surface area contributed by atoms with Crippen LogP contribution in [-0.2, 0) is 33.2 Å². The molecule has 2 unspecified atom stereocenters. The zero-order valence-electron chi connectivity index (χ0n) is 18.7. The van der Waals surface area contributed by atoms with Crippen LogP contribution < -0.4 is 10.6 Å². The molecule has 3 aliphatic rings. The Labute approximate surface area is 188 Å². The quantitative estimate of drug-likeness (QED) is 0.436. The van der Waals surface area contributed by atoms with Crippen LogP contribution in [0.3, 0.4) is 0 Å². The van der Waals surface area contributed by atoms with E-state index in [1.807, 2.05) is 0 Å². The van der Waals surface area contributed by atoms with Crippen LogP contribution in [0.5, 0.6) is 0 Å². The predicted molar refractivity (Wildman–Crippen MR) is 111 cm³/mol. The van der Waals surface area contributed by atoms with Crippen molar-refractivity contribution in [2.24, 2.45) is 5.41 Å². The molecule has 0 aromatic carbocycles. The molecule has 3 rings (SSSR count). The van der Waals surface area contributed by atoms with E-state index in [0.717, 1.165) is 31.0 Å². The Kier molecular flexibility index (Phi) is 7.63. The molecule has 0 aromatic rings. The molecule has 0 aliphatic carbocycles. The molecule has 0 spiro atoms. The fraction of sp³-hybridized carbons (Fsp3) is 0.842. The summed E-state index contributed by atoms with van der Waals surface area (Å²) in [4.78, 5) is 38.8. The third-order valence-corrected chi connectivity index (χ3v) is 6.62. The van der Waals surface area contributed by atoms with Gasteiger partial charge in [-0.1, -0.05) is 0 Å². The van der Waals surface area contributed by atoms with Crippen LogP contribution in [0.25, 0.3) is 0 Å². The van der Waals surface area contributed by atoms with Gasteiger partial charge in [-0.25, -0.2) is 8.98 Å². The summed E-state index contributed by atoms with van der Waals surface area (Å²) in [6, 6.07) is -1.83. The summed E-state index contributed by atoms with van der Waals surface area (Å²) >= 11 is 0. The van der Waals surface area contributed by atoms with Crippen molar-refractivity contribution >= 4 is 28.3 Å². The average molecular weight is 477 g/mol. The van der Waals surface area contributed by atoms with Crippen LogP contribution in [0.15, 0.2) is 0 Å². The first kappa shape index (κ1) is 24.7. The summed E-state index contributed by atoms with van der Waals surface area (Å²) in [6.07, 6.45) is 2.46. The van der Waals surface area contributed by atoms with Gasteiger partial charge in [-0.2, -0.15) is 13.5 Å². The number of urea groups is 1. The molecule has 32 heavy (non-hydrogen) atoms. The van der Waals surface area contributed by atoms with E-state index in [4.69, 9.17) is 13.2 Å². The maximum absolute atomic E-state index is 12.8. The zero-order chi connectivity index (χ0) is 23.5. The molecule has 0 saturated carbocycles. The van der Waals surface area contributed by atoms with E-state index in [2.05, 4.69) is 10.6 Å². The summed E-state index contributed by atoms with van der Waals surface area (Å²) in [7, 11) is -4.62. The molecule has 0 radical (unpaired) electrons. The molecule has 2 N–H and O–H groups in total. The topological polar surface area (TPSA) is 144 Å². The van der Waals surface area contributed by atoms with Gasteiger partial charge >= 0.3 is 22.4 Å². The summed E-state index contributed by atoms with van der Waals surface area (Å²) in [5.41, 5.74) is -1.22. The van der Waals surface area contributed by atoms with Crippen molar-refractivity contribution in [2.45, 2.75) is 64.6 Å². The van der Waals surface area contributed by atoms with E-state index < -0.39 is 46.5 Å². The van der Waals surface area contributed by atoms with Crippen molar-refractivity contribution in [1.29, 1.82) is 0 Å². The third kappa shape index (κ3) is 5.69. The summed E-state index contributed by atoms with van der Waals surface area (Å²) in [6.45, 7) is 6.08. The number of hydrogen-bond donors (Lipinski definition) is 2. The van der Waals surface area contributed by atoms with Gasteiger partial charge in [-0.3, -0.25) is 9.59 Å². The van der Waals surface area contributed by atoms with Crippen LogP contribution in [-0.4, -0.2) is 87.3 Å². The van der Waals surface area contributed by atoms with Gasteiger partial charge in [0.25, 0.3) is 0 Å². The van der Waals surface area contributed by atoms with Gasteiger partial charge in [0.15, 0.2) is 0 Å². The van der Waals surface area contributed by atoms with Crippen LogP contribution in [0.1, 0.15) is 46.5 Å². The van der Waals surface area contributed by atoms with Crippen molar-refractivity contribution in [2.75, 3.05) is 32.8 Å². The highest BCUT2D eigenvalue weighted by Crippen LogP contribution is 2.31. The molecule has 3 amide bonds. The highest BCUT2D eigenvalue weighted by Gasteiger charge is 2.50. The van der Waals surface area contributed by atoms with Crippen molar-refractivity contribution in [3.8, 4) is 0 Å². The van der Waals surface area contributed by atoms with Crippen LogP contribution >= 0.6 is 0 Å². The molecule has 3 aliphatic heterocycles. The van der Waals surface area contributed by atoms with Gasteiger partial charge in [0.2, 0.25) is 5.91 Å². The molecule has 2 bridgehead atoms. The number of nitrogens with zero attached hydrogens (tertiary/aromatic N) is 2. The SMILES string of the molecule is CCOC(=O)C(C)(C)COS(=O)(=O)ON1C(=O)N2CC1CCC2C(=O)NC1CCNCC1. The molecular weight excluding hydrogens is 444 g/mol.